The highest BCUT2D eigenvalue weighted by Crippen LogP contribution is 2.32. The fourth-order valence-electron chi connectivity index (χ4n) is 3.15. The van der Waals surface area contributed by atoms with Gasteiger partial charge in [-0.2, -0.15) is 0 Å². The lowest BCUT2D eigenvalue weighted by Crippen LogP contribution is -2.14. The Kier molecular flexibility index (Phi) is 4.29. The van der Waals surface area contributed by atoms with E-state index in [-0.39, 0.29) is 11.4 Å². The summed E-state index contributed by atoms with van der Waals surface area (Å²) in [4.78, 5) is 17.1. The Labute approximate surface area is 169 Å². The molecule has 3 aromatic carbocycles. The summed E-state index contributed by atoms with van der Waals surface area (Å²) >= 11 is 0. The molecular formula is C22H14FN5O2. The molecular weight excluding hydrogens is 385 g/mol. The lowest BCUT2D eigenvalue weighted by Gasteiger charge is -2.13. The van der Waals surface area contributed by atoms with Crippen LogP contribution in [-0.2, 0) is 0 Å². The van der Waals surface area contributed by atoms with Crippen molar-refractivity contribution in [3.05, 3.63) is 90.5 Å². The van der Waals surface area contributed by atoms with Gasteiger partial charge in [0.1, 0.15) is 12.1 Å². The van der Waals surface area contributed by atoms with Crippen molar-refractivity contribution in [2.45, 2.75) is 0 Å². The molecule has 0 aliphatic heterocycles. The maximum absolute atomic E-state index is 14.0. The molecule has 1 amide bonds. The molecule has 5 aromatic rings. The minimum Gasteiger partial charge on any atom is -0.434 e. The fraction of sp³-hybridized carbons (Fsp3) is 0. The number of ether oxygens (including phenoxy) is 1. The van der Waals surface area contributed by atoms with Crippen molar-refractivity contribution in [2.24, 2.45) is 0 Å². The summed E-state index contributed by atoms with van der Waals surface area (Å²) in [6.07, 6.45) is 1.58. The van der Waals surface area contributed by atoms with Crippen molar-refractivity contribution >= 4 is 28.3 Å². The number of hydrogen-bond donors (Lipinski definition) is 1. The Morgan fingerprint density at radius 1 is 0.967 bits per heavy atom. The van der Waals surface area contributed by atoms with E-state index in [1.807, 2.05) is 24.3 Å². The number of aromatic nitrogens is 4. The molecule has 2 aromatic heterocycles. The summed E-state index contributed by atoms with van der Waals surface area (Å²) in [6, 6.07) is 20.2. The Morgan fingerprint density at radius 3 is 2.63 bits per heavy atom. The minimum atomic E-state index is -0.602. The molecule has 30 heavy (non-hydrogen) atoms. The maximum Gasteiger partial charge on any atom is 0.266 e. The highest BCUT2D eigenvalue weighted by atomic mass is 19.1. The number of nitrogens with one attached hydrogen (secondary N) is 1. The van der Waals surface area contributed by atoms with Crippen LogP contribution < -0.4 is 10.1 Å². The largest absolute Gasteiger partial charge is 0.434 e. The van der Waals surface area contributed by atoms with Crippen LogP contribution in [0.2, 0.25) is 0 Å². The number of amides is 1. The standard InChI is InChI=1S/C22H14FN5O2/c23-15-8-2-1-7-14(15)21(29)25-17-10-4-6-12-19(17)30-22-20-27-24-13-28(20)18-11-5-3-9-16(18)26-22/h1-13H,(H,25,29). The SMILES string of the molecule is O=C(Nc1ccccc1Oc1nc2ccccc2n2cnnc12)c1ccccc1F. The number of para-hydroxylation sites is 4. The Balaban J connectivity index is 1.53. The van der Waals surface area contributed by atoms with E-state index in [4.69, 9.17) is 4.74 Å². The zero-order chi connectivity index (χ0) is 20.5. The molecule has 0 bridgehead atoms. The van der Waals surface area contributed by atoms with Crippen LogP contribution in [0, 0.1) is 5.82 Å². The van der Waals surface area contributed by atoms with Gasteiger partial charge in [-0.25, -0.2) is 9.37 Å². The van der Waals surface area contributed by atoms with Crippen LogP contribution in [0.15, 0.2) is 79.1 Å². The van der Waals surface area contributed by atoms with E-state index in [0.29, 0.717) is 22.6 Å². The van der Waals surface area contributed by atoms with Gasteiger partial charge in [-0.05, 0) is 36.4 Å². The number of carbonyl (C=O) groups is 1. The lowest BCUT2D eigenvalue weighted by atomic mass is 10.2. The van der Waals surface area contributed by atoms with E-state index < -0.39 is 11.7 Å². The van der Waals surface area contributed by atoms with Crippen LogP contribution in [-0.4, -0.2) is 25.5 Å². The molecule has 0 saturated carbocycles. The van der Waals surface area contributed by atoms with Gasteiger partial charge >= 0.3 is 0 Å². The number of carbonyl (C=O) groups excluding carboxylic acids is 1. The van der Waals surface area contributed by atoms with Gasteiger partial charge in [-0.1, -0.05) is 36.4 Å². The number of rotatable bonds is 4. The van der Waals surface area contributed by atoms with Crippen molar-refractivity contribution < 1.29 is 13.9 Å². The number of fused-ring (bicyclic) bond motifs is 3. The van der Waals surface area contributed by atoms with Gasteiger partial charge in [0, 0.05) is 0 Å². The first kappa shape index (κ1) is 17.7. The molecule has 0 spiro atoms. The van der Waals surface area contributed by atoms with Gasteiger partial charge in [0.15, 0.2) is 5.75 Å². The second-order valence-electron chi connectivity index (χ2n) is 6.46. The predicted octanol–water partition coefficient (Wildman–Crippen LogP) is 4.46. The third-order valence-corrected chi connectivity index (χ3v) is 4.56. The average Bonchev–Trinajstić information content (AvgIpc) is 3.26. The van der Waals surface area contributed by atoms with E-state index in [1.54, 1.807) is 41.1 Å². The van der Waals surface area contributed by atoms with E-state index in [9.17, 15) is 9.18 Å². The quantitative estimate of drug-likeness (QED) is 0.483. The number of anilines is 1. The van der Waals surface area contributed by atoms with Gasteiger partial charge < -0.3 is 10.1 Å². The summed E-state index contributed by atoms with van der Waals surface area (Å²) in [5.41, 5.74) is 2.29. The van der Waals surface area contributed by atoms with Crippen molar-refractivity contribution in [1.29, 1.82) is 0 Å². The first-order chi connectivity index (χ1) is 14.7. The Bertz CT molecular complexity index is 1400. The van der Waals surface area contributed by atoms with E-state index in [2.05, 4.69) is 20.5 Å². The summed E-state index contributed by atoms with van der Waals surface area (Å²) in [6.45, 7) is 0. The molecule has 0 radical (unpaired) electrons. The summed E-state index contributed by atoms with van der Waals surface area (Å²) in [5, 5.41) is 10.8. The number of nitrogens with zero attached hydrogens (tertiary/aromatic N) is 4. The molecule has 0 unspecified atom stereocenters. The first-order valence-corrected chi connectivity index (χ1v) is 9.12. The van der Waals surface area contributed by atoms with Crippen LogP contribution in [0.5, 0.6) is 11.6 Å². The highest BCUT2D eigenvalue weighted by molar-refractivity contribution is 6.05. The van der Waals surface area contributed by atoms with E-state index >= 15 is 0 Å². The fourth-order valence-corrected chi connectivity index (χ4v) is 3.15. The maximum atomic E-state index is 14.0. The third kappa shape index (κ3) is 3.10. The van der Waals surface area contributed by atoms with Crippen LogP contribution in [0.25, 0.3) is 16.7 Å². The van der Waals surface area contributed by atoms with E-state index in [1.165, 1.54) is 18.2 Å². The summed E-state index contributed by atoms with van der Waals surface area (Å²) < 4.78 is 21.7. The molecule has 0 saturated heterocycles. The van der Waals surface area contributed by atoms with Crippen molar-refractivity contribution in [2.75, 3.05) is 5.32 Å². The third-order valence-electron chi connectivity index (χ3n) is 4.56. The van der Waals surface area contributed by atoms with Gasteiger partial charge in [0.25, 0.3) is 11.8 Å². The zero-order valence-corrected chi connectivity index (χ0v) is 15.5. The molecule has 146 valence electrons. The number of benzene rings is 3. The monoisotopic (exact) mass is 399 g/mol. The number of halogens is 1. The zero-order valence-electron chi connectivity index (χ0n) is 15.5. The van der Waals surface area contributed by atoms with Gasteiger partial charge in [-0.15, -0.1) is 10.2 Å². The minimum absolute atomic E-state index is 0.0593. The molecule has 7 nitrogen and oxygen atoms in total. The molecule has 0 fully saturated rings. The van der Waals surface area contributed by atoms with Crippen LogP contribution in [0.1, 0.15) is 10.4 Å². The summed E-state index contributed by atoms with van der Waals surface area (Å²) in [7, 11) is 0. The predicted molar refractivity (Wildman–Crippen MR) is 109 cm³/mol. The smallest absolute Gasteiger partial charge is 0.266 e. The summed E-state index contributed by atoms with van der Waals surface area (Å²) in [5.74, 6) is -0.605. The Morgan fingerprint density at radius 2 is 1.73 bits per heavy atom. The van der Waals surface area contributed by atoms with Crippen LogP contribution >= 0.6 is 0 Å². The second-order valence-corrected chi connectivity index (χ2v) is 6.46. The molecule has 5 rings (SSSR count). The topological polar surface area (TPSA) is 81.4 Å². The number of hydrogen-bond acceptors (Lipinski definition) is 5. The first-order valence-electron chi connectivity index (χ1n) is 9.12. The van der Waals surface area contributed by atoms with Crippen LogP contribution in [0.3, 0.4) is 0 Å². The van der Waals surface area contributed by atoms with Crippen LogP contribution in [0.4, 0.5) is 10.1 Å². The van der Waals surface area contributed by atoms with Gasteiger partial charge in [-0.3, -0.25) is 9.20 Å². The normalized spacial score (nSPS) is 11.0. The van der Waals surface area contributed by atoms with Crippen molar-refractivity contribution in [3.63, 3.8) is 0 Å². The van der Waals surface area contributed by atoms with Gasteiger partial charge in [0.2, 0.25) is 5.65 Å². The van der Waals surface area contributed by atoms with Crippen molar-refractivity contribution in [1.82, 2.24) is 19.6 Å². The molecule has 0 aliphatic rings. The highest BCUT2D eigenvalue weighted by Gasteiger charge is 2.16. The molecule has 2 heterocycles. The average molecular weight is 399 g/mol. The Hall–Kier alpha value is -4.33. The molecule has 1 N–H and O–H groups in total. The second kappa shape index (κ2) is 7.25. The molecule has 0 aliphatic carbocycles. The lowest BCUT2D eigenvalue weighted by molar-refractivity contribution is 0.102. The molecule has 0 atom stereocenters. The molecule has 8 heteroatoms. The van der Waals surface area contributed by atoms with E-state index in [0.717, 1.165) is 5.52 Å². The van der Waals surface area contributed by atoms with Gasteiger partial charge in [0.05, 0.1) is 22.3 Å². The van der Waals surface area contributed by atoms with Crippen molar-refractivity contribution in [3.8, 4) is 11.6 Å².